The highest BCUT2D eigenvalue weighted by atomic mass is 16.3. The quantitative estimate of drug-likeness (QED) is 0.190. The van der Waals surface area contributed by atoms with E-state index in [4.69, 9.17) is 8.83 Å². The summed E-state index contributed by atoms with van der Waals surface area (Å²) in [5, 5.41) is 6.62. The monoisotopic (exact) mass is 627 g/mol. The molecule has 10 rings (SSSR count). The van der Waals surface area contributed by atoms with Crippen molar-refractivity contribution in [3.63, 3.8) is 0 Å². The first kappa shape index (κ1) is 27.5. The van der Waals surface area contributed by atoms with E-state index >= 15 is 0 Å². The maximum absolute atomic E-state index is 6.89. The van der Waals surface area contributed by atoms with E-state index in [1.54, 1.807) is 0 Å². The third kappa shape index (κ3) is 4.37. The lowest BCUT2D eigenvalue weighted by Gasteiger charge is -2.28. The normalized spacial score (nSPS) is 11.7. The van der Waals surface area contributed by atoms with Gasteiger partial charge in [-0.05, 0) is 64.5 Å². The molecular weight excluding hydrogens is 599 g/mol. The fraction of sp³-hybridized carbons (Fsp3) is 0. The second kappa shape index (κ2) is 11.0. The predicted octanol–water partition coefficient (Wildman–Crippen LogP) is 13.4. The maximum atomic E-state index is 6.89. The van der Waals surface area contributed by atoms with Gasteiger partial charge in [-0.1, -0.05) is 133 Å². The first-order chi connectivity index (χ1) is 24.3. The van der Waals surface area contributed by atoms with Gasteiger partial charge in [0.15, 0.2) is 5.58 Å². The Labute approximate surface area is 282 Å². The van der Waals surface area contributed by atoms with Crippen molar-refractivity contribution in [2.24, 2.45) is 0 Å². The van der Waals surface area contributed by atoms with Crippen LogP contribution in [0.5, 0.6) is 0 Å². The number of hydrogen-bond donors (Lipinski definition) is 0. The zero-order chi connectivity index (χ0) is 32.3. The van der Waals surface area contributed by atoms with E-state index in [2.05, 4.69) is 163 Å². The maximum Gasteiger partial charge on any atom is 0.159 e. The molecule has 0 aliphatic heterocycles. The molecule has 0 aliphatic rings. The number of fused-ring (bicyclic) bond motifs is 7. The third-order valence-electron chi connectivity index (χ3n) is 9.66. The number of anilines is 3. The molecule has 0 atom stereocenters. The molecule has 0 saturated carbocycles. The molecule has 230 valence electrons. The third-order valence-corrected chi connectivity index (χ3v) is 9.66. The molecule has 3 heteroatoms. The molecule has 2 heterocycles. The Morgan fingerprint density at radius 1 is 0.347 bits per heavy atom. The van der Waals surface area contributed by atoms with Crippen molar-refractivity contribution in [3.8, 4) is 22.3 Å². The molecule has 3 nitrogen and oxygen atoms in total. The Balaban J connectivity index is 1.30. The minimum atomic E-state index is 0.837. The molecule has 0 unspecified atom stereocenters. The van der Waals surface area contributed by atoms with Crippen molar-refractivity contribution in [2.45, 2.75) is 0 Å². The average Bonchev–Trinajstić information content (AvgIpc) is 3.75. The average molecular weight is 628 g/mol. The van der Waals surface area contributed by atoms with E-state index in [0.29, 0.717) is 0 Å². The second-order valence-corrected chi connectivity index (χ2v) is 12.5. The van der Waals surface area contributed by atoms with Crippen LogP contribution in [0, 0.1) is 0 Å². The largest absolute Gasteiger partial charge is 0.455 e. The highest BCUT2D eigenvalue weighted by Gasteiger charge is 2.26. The summed E-state index contributed by atoms with van der Waals surface area (Å²) >= 11 is 0. The Morgan fingerprint density at radius 3 is 1.86 bits per heavy atom. The molecule has 0 amide bonds. The molecule has 0 fully saturated rings. The lowest BCUT2D eigenvalue weighted by molar-refractivity contribution is 0.668. The van der Waals surface area contributed by atoms with E-state index in [-0.39, 0.29) is 0 Å². The standard InChI is InChI=1S/C46H29NO2/c1-3-13-30(14-4-1)33-25-26-36-37-21-12-23-41(45(37)49-43(36)29-33)47(39-22-11-18-31-17-7-8-19-34(31)39)40-28-27-35(32-15-5-2-6-16-32)46-44(40)38-20-9-10-24-42(38)48-46/h1-29H. The highest BCUT2D eigenvalue weighted by Crippen LogP contribution is 2.49. The fourth-order valence-corrected chi connectivity index (χ4v) is 7.40. The molecule has 0 aliphatic carbocycles. The number of benzene rings is 8. The number of furan rings is 2. The molecule has 0 spiro atoms. The topological polar surface area (TPSA) is 29.5 Å². The molecule has 0 saturated heterocycles. The van der Waals surface area contributed by atoms with E-state index in [1.165, 1.54) is 5.39 Å². The van der Waals surface area contributed by atoms with Gasteiger partial charge in [-0.2, -0.15) is 0 Å². The van der Waals surface area contributed by atoms with Crippen LogP contribution in [0.25, 0.3) is 76.9 Å². The summed E-state index contributed by atoms with van der Waals surface area (Å²) in [7, 11) is 0. The van der Waals surface area contributed by atoms with E-state index < -0.39 is 0 Å². The van der Waals surface area contributed by atoms with Crippen molar-refractivity contribution < 1.29 is 8.83 Å². The summed E-state index contributed by atoms with van der Waals surface area (Å²) < 4.78 is 13.6. The first-order valence-corrected chi connectivity index (χ1v) is 16.6. The smallest absolute Gasteiger partial charge is 0.159 e. The summed E-state index contributed by atoms with van der Waals surface area (Å²) in [4.78, 5) is 2.37. The van der Waals surface area contributed by atoms with Crippen LogP contribution in [-0.4, -0.2) is 0 Å². The molecule has 0 radical (unpaired) electrons. The Hall–Kier alpha value is -6.58. The summed E-state index contributed by atoms with van der Waals surface area (Å²) in [6, 6.07) is 61.8. The summed E-state index contributed by atoms with van der Waals surface area (Å²) in [6.07, 6.45) is 0. The van der Waals surface area contributed by atoms with Crippen molar-refractivity contribution in [1.29, 1.82) is 0 Å². The summed E-state index contributed by atoms with van der Waals surface area (Å²) in [6.45, 7) is 0. The van der Waals surface area contributed by atoms with Crippen molar-refractivity contribution in [1.82, 2.24) is 0 Å². The van der Waals surface area contributed by atoms with Crippen LogP contribution in [0.3, 0.4) is 0 Å². The zero-order valence-corrected chi connectivity index (χ0v) is 26.5. The Bertz CT molecular complexity index is 2820. The van der Waals surface area contributed by atoms with Crippen LogP contribution in [0.4, 0.5) is 17.1 Å². The molecule has 10 aromatic rings. The Morgan fingerprint density at radius 2 is 1.00 bits per heavy atom. The van der Waals surface area contributed by atoms with Gasteiger partial charge >= 0.3 is 0 Å². The first-order valence-electron chi connectivity index (χ1n) is 16.6. The fourth-order valence-electron chi connectivity index (χ4n) is 7.40. The number of nitrogens with zero attached hydrogens (tertiary/aromatic N) is 1. The van der Waals surface area contributed by atoms with E-state index in [9.17, 15) is 0 Å². The summed E-state index contributed by atoms with van der Waals surface area (Å²) in [5.41, 5.74) is 10.9. The molecule has 8 aromatic carbocycles. The van der Waals surface area contributed by atoms with E-state index in [1.807, 2.05) is 18.2 Å². The van der Waals surface area contributed by atoms with Crippen molar-refractivity contribution in [2.75, 3.05) is 4.90 Å². The van der Waals surface area contributed by atoms with Gasteiger partial charge in [0.1, 0.15) is 16.7 Å². The van der Waals surface area contributed by atoms with Crippen LogP contribution < -0.4 is 4.90 Å². The van der Waals surface area contributed by atoms with Gasteiger partial charge < -0.3 is 13.7 Å². The summed E-state index contributed by atoms with van der Waals surface area (Å²) in [5.74, 6) is 0. The number of hydrogen-bond acceptors (Lipinski definition) is 3. The van der Waals surface area contributed by atoms with Gasteiger partial charge in [-0.3, -0.25) is 0 Å². The minimum Gasteiger partial charge on any atom is -0.455 e. The van der Waals surface area contributed by atoms with Gasteiger partial charge in [0, 0.05) is 27.1 Å². The van der Waals surface area contributed by atoms with Crippen LogP contribution in [0.15, 0.2) is 185 Å². The molecule has 0 N–H and O–H groups in total. The number of rotatable bonds is 5. The lowest BCUT2D eigenvalue weighted by Crippen LogP contribution is -2.11. The molecule has 0 bridgehead atoms. The van der Waals surface area contributed by atoms with Crippen molar-refractivity contribution in [3.05, 3.63) is 176 Å². The second-order valence-electron chi connectivity index (χ2n) is 12.5. The van der Waals surface area contributed by atoms with Crippen LogP contribution in [0.1, 0.15) is 0 Å². The van der Waals surface area contributed by atoms with Gasteiger partial charge in [0.05, 0.1) is 22.4 Å². The Kier molecular flexibility index (Phi) is 6.18. The highest BCUT2D eigenvalue weighted by molar-refractivity contribution is 6.20. The van der Waals surface area contributed by atoms with Gasteiger partial charge in [0.25, 0.3) is 0 Å². The van der Waals surface area contributed by atoms with Gasteiger partial charge in [0.2, 0.25) is 0 Å². The molecular formula is C46H29NO2. The van der Waals surface area contributed by atoms with Gasteiger partial charge in [-0.15, -0.1) is 0 Å². The van der Waals surface area contributed by atoms with Crippen LogP contribution >= 0.6 is 0 Å². The SMILES string of the molecule is c1ccc(-c2ccc3c(c2)oc2c(N(c4cccc5ccccc45)c4ccc(-c5ccccc5)c5oc6ccccc6c45)cccc23)cc1. The van der Waals surface area contributed by atoms with E-state index in [0.717, 1.165) is 88.6 Å². The molecule has 49 heavy (non-hydrogen) atoms. The predicted molar refractivity (Wildman–Crippen MR) is 204 cm³/mol. The van der Waals surface area contributed by atoms with Crippen molar-refractivity contribution >= 4 is 71.7 Å². The van der Waals surface area contributed by atoms with Gasteiger partial charge in [-0.25, -0.2) is 0 Å². The minimum absolute atomic E-state index is 0.837. The molecule has 2 aromatic heterocycles. The number of para-hydroxylation sites is 2. The zero-order valence-electron chi connectivity index (χ0n) is 26.5. The lowest BCUT2D eigenvalue weighted by atomic mass is 9.99. The van der Waals surface area contributed by atoms with Crippen LogP contribution in [0.2, 0.25) is 0 Å². The van der Waals surface area contributed by atoms with Crippen LogP contribution in [-0.2, 0) is 0 Å².